The highest BCUT2D eigenvalue weighted by atomic mass is 35.5. The quantitative estimate of drug-likeness (QED) is 0.703. The number of aromatic nitrogens is 2. The molecule has 1 aliphatic rings. The fourth-order valence-electron chi connectivity index (χ4n) is 2.79. The highest BCUT2D eigenvalue weighted by molar-refractivity contribution is 6.31. The number of halogens is 1. The van der Waals surface area contributed by atoms with Crippen LogP contribution in [-0.2, 0) is 0 Å². The number of rotatable bonds is 2. The van der Waals surface area contributed by atoms with Gasteiger partial charge in [-0.25, -0.2) is 4.98 Å². The summed E-state index contributed by atoms with van der Waals surface area (Å²) < 4.78 is 2.34. The van der Waals surface area contributed by atoms with Crippen molar-refractivity contribution in [3.8, 4) is 11.4 Å². The predicted octanol–water partition coefficient (Wildman–Crippen LogP) is 4.58. The molecule has 21 heavy (non-hydrogen) atoms. The second-order valence-electron chi connectivity index (χ2n) is 5.74. The van der Waals surface area contributed by atoms with Gasteiger partial charge in [0.15, 0.2) is 0 Å². The Hall–Kier alpha value is -2.00. The van der Waals surface area contributed by atoms with E-state index >= 15 is 0 Å². The van der Waals surface area contributed by atoms with Crippen molar-refractivity contribution < 1.29 is 0 Å². The molecule has 3 aromatic rings. The van der Waals surface area contributed by atoms with Gasteiger partial charge >= 0.3 is 0 Å². The molecule has 1 aromatic heterocycles. The van der Waals surface area contributed by atoms with Crippen molar-refractivity contribution in [1.82, 2.24) is 9.55 Å². The molecule has 1 fully saturated rings. The van der Waals surface area contributed by atoms with Gasteiger partial charge in [0.25, 0.3) is 0 Å². The van der Waals surface area contributed by atoms with Gasteiger partial charge in [0.2, 0.25) is 0 Å². The number of hydrogen-bond donors (Lipinski definition) is 1. The maximum atomic E-state index is 6.10. The van der Waals surface area contributed by atoms with Crippen molar-refractivity contribution in [2.24, 2.45) is 0 Å². The lowest BCUT2D eigenvalue weighted by molar-refractivity contribution is 0.775. The highest BCUT2D eigenvalue weighted by Crippen LogP contribution is 2.41. The number of imidazole rings is 1. The molecule has 0 radical (unpaired) electrons. The van der Waals surface area contributed by atoms with Gasteiger partial charge in [0, 0.05) is 22.3 Å². The Balaban J connectivity index is 1.98. The zero-order chi connectivity index (χ0) is 14.6. The molecule has 1 heterocycles. The Morgan fingerprint density at radius 1 is 1.19 bits per heavy atom. The van der Waals surface area contributed by atoms with E-state index in [-0.39, 0.29) is 0 Å². The topological polar surface area (TPSA) is 43.8 Å². The molecule has 0 aliphatic heterocycles. The molecule has 0 saturated heterocycles. The van der Waals surface area contributed by atoms with Crippen LogP contribution in [0.25, 0.3) is 22.4 Å². The van der Waals surface area contributed by atoms with E-state index in [1.165, 1.54) is 12.8 Å². The maximum Gasteiger partial charge on any atom is 0.141 e. The van der Waals surface area contributed by atoms with Gasteiger partial charge in [-0.15, -0.1) is 0 Å². The summed E-state index contributed by atoms with van der Waals surface area (Å²) in [6, 6.07) is 12.6. The first-order valence-corrected chi connectivity index (χ1v) is 7.55. The minimum absolute atomic E-state index is 0.559. The largest absolute Gasteiger partial charge is 0.399 e. The van der Waals surface area contributed by atoms with Crippen LogP contribution in [0.15, 0.2) is 36.4 Å². The second kappa shape index (κ2) is 4.50. The third kappa shape index (κ3) is 2.09. The van der Waals surface area contributed by atoms with Crippen LogP contribution in [0, 0.1) is 6.92 Å². The molecular weight excluding hydrogens is 282 g/mol. The van der Waals surface area contributed by atoms with Gasteiger partial charge in [-0.1, -0.05) is 11.6 Å². The average molecular weight is 298 g/mol. The fourth-order valence-corrected chi connectivity index (χ4v) is 2.96. The molecule has 1 saturated carbocycles. The van der Waals surface area contributed by atoms with Crippen molar-refractivity contribution in [1.29, 1.82) is 0 Å². The van der Waals surface area contributed by atoms with Crippen LogP contribution in [0.5, 0.6) is 0 Å². The van der Waals surface area contributed by atoms with Crippen LogP contribution < -0.4 is 5.73 Å². The van der Waals surface area contributed by atoms with Crippen LogP contribution in [0.3, 0.4) is 0 Å². The number of nitrogen functional groups attached to an aromatic ring is 1. The third-order valence-corrected chi connectivity index (χ3v) is 4.33. The van der Waals surface area contributed by atoms with E-state index in [1.807, 2.05) is 31.2 Å². The summed E-state index contributed by atoms with van der Waals surface area (Å²) in [7, 11) is 0. The molecule has 0 bridgehead atoms. The molecule has 2 aromatic carbocycles. The van der Waals surface area contributed by atoms with Crippen molar-refractivity contribution in [2.45, 2.75) is 25.8 Å². The van der Waals surface area contributed by atoms with Gasteiger partial charge in [-0.3, -0.25) is 0 Å². The lowest BCUT2D eigenvalue weighted by Crippen LogP contribution is -1.98. The molecular formula is C17H16ClN3. The van der Waals surface area contributed by atoms with E-state index in [4.69, 9.17) is 22.3 Å². The zero-order valence-electron chi connectivity index (χ0n) is 11.8. The van der Waals surface area contributed by atoms with Crippen molar-refractivity contribution in [2.75, 3.05) is 5.73 Å². The molecule has 3 nitrogen and oxygen atoms in total. The van der Waals surface area contributed by atoms with Crippen LogP contribution in [-0.4, -0.2) is 9.55 Å². The Morgan fingerprint density at radius 3 is 2.71 bits per heavy atom. The van der Waals surface area contributed by atoms with E-state index < -0.39 is 0 Å². The number of hydrogen-bond acceptors (Lipinski definition) is 2. The van der Waals surface area contributed by atoms with Crippen LogP contribution in [0.4, 0.5) is 5.69 Å². The minimum Gasteiger partial charge on any atom is -0.399 e. The second-order valence-corrected chi connectivity index (χ2v) is 6.18. The van der Waals surface area contributed by atoms with Crippen LogP contribution in [0.1, 0.15) is 24.4 Å². The third-order valence-electron chi connectivity index (χ3n) is 4.09. The van der Waals surface area contributed by atoms with Crippen molar-refractivity contribution >= 4 is 28.3 Å². The number of fused-ring (bicyclic) bond motifs is 1. The molecule has 0 amide bonds. The van der Waals surface area contributed by atoms with E-state index in [0.29, 0.717) is 6.04 Å². The predicted molar refractivity (Wildman–Crippen MR) is 87.6 cm³/mol. The molecule has 2 N–H and O–H groups in total. The lowest BCUT2D eigenvalue weighted by atomic mass is 10.1. The Kier molecular flexibility index (Phi) is 2.73. The van der Waals surface area contributed by atoms with Gasteiger partial charge in [-0.05, 0) is 61.7 Å². The molecule has 0 unspecified atom stereocenters. The Labute approximate surface area is 128 Å². The summed E-state index contributed by atoms with van der Waals surface area (Å²) in [6.45, 7) is 2.03. The zero-order valence-corrected chi connectivity index (χ0v) is 12.6. The monoisotopic (exact) mass is 297 g/mol. The molecule has 106 valence electrons. The summed E-state index contributed by atoms with van der Waals surface area (Å²) >= 11 is 6.10. The first-order valence-electron chi connectivity index (χ1n) is 7.17. The number of anilines is 1. The van der Waals surface area contributed by atoms with Crippen LogP contribution in [0.2, 0.25) is 5.02 Å². The summed E-state index contributed by atoms with van der Waals surface area (Å²) in [5.41, 5.74) is 11.1. The average Bonchev–Trinajstić information content (AvgIpc) is 3.22. The highest BCUT2D eigenvalue weighted by Gasteiger charge is 2.28. The first-order chi connectivity index (χ1) is 10.1. The van der Waals surface area contributed by atoms with Gasteiger partial charge < -0.3 is 10.3 Å². The van der Waals surface area contributed by atoms with Gasteiger partial charge in [0.1, 0.15) is 5.82 Å². The van der Waals surface area contributed by atoms with Gasteiger partial charge in [-0.2, -0.15) is 0 Å². The lowest BCUT2D eigenvalue weighted by Gasteiger charge is -2.09. The first kappa shape index (κ1) is 12.7. The molecule has 4 rings (SSSR count). The van der Waals surface area contributed by atoms with E-state index in [9.17, 15) is 0 Å². The standard InChI is InChI=1S/C17H16ClN3/c1-10-8-11(2-6-14(10)19)17-20-15-9-12(18)3-7-16(15)21(17)13-4-5-13/h2-3,6-9,13H,4-5,19H2,1H3. The molecule has 4 heteroatoms. The van der Waals surface area contributed by atoms with Crippen molar-refractivity contribution in [3.63, 3.8) is 0 Å². The smallest absolute Gasteiger partial charge is 0.141 e. The summed E-state index contributed by atoms with van der Waals surface area (Å²) in [6.07, 6.45) is 2.43. The summed E-state index contributed by atoms with van der Waals surface area (Å²) in [5.74, 6) is 1.01. The van der Waals surface area contributed by atoms with E-state index in [1.54, 1.807) is 0 Å². The summed E-state index contributed by atoms with van der Waals surface area (Å²) in [5, 5.41) is 0.725. The van der Waals surface area contributed by atoms with E-state index in [2.05, 4.69) is 16.7 Å². The van der Waals surface area contributed by atoms with Crippen molar-refractivity contribution in [3.05, 3.63) is 47.0 Å². The fraction of sp³-hybridized carbons (Fsp3) is 0.235. The number of aryl methyl sites for hydroxylation is 1. The van der Waals surface area contributed by atoms with E-state index in [0.717, 1.165) is 38.7 Å². The maximum absolute atomic E-state index is 6.10. The SMILES string of the molecule is Cc1cc(-c2nc3cc(Cl)ccc3n2C2CC2)ccc1N. The molecule has 0 atom stereocenters. The Bertz CT molecular complexity index is 847. The summed E-state index contributed by atoms with van der Waals surface area (Å²) in [4.78, 5) is 4.81. The number of nitrogens with two attached hydrogens (primary N) is 1. The number of nitrogens with zero attached hydrogens (tertiary/aromatic N) is 2. The normalized spacial score (nSPS) is 14.8. The van der Waals surface area contributed by atoms with Gasteiger partial charge in [0.05, 0.1) is 11.0 Å². The van der Waals surface area contributed by atoms with Crippen LogP contribution >= 0.6 is 11.6 Å². The Morgan fingerprint density at radius 2 is 2.00 bits per heavy atom. The number of benzene rings is 2. The minimum atomic E-state index is 0.559. The molecule has 0 spiro atoms. The molecule has 1 aliphatic carbocycles.